The number of aromatic amines is 1. The standard InChI is InChI=1S/C21H35N5O3/c1-16(27)25-12-10-24(11-13-25)15-21(29)6-5-8-26(9-7-21)19(28)17-14-18(23-22-17)20(2,3)4/h14,29H,5-13,15H2,1-4H3,(H,22,23). The SMILES string of the molecule is CC(=O)N1CCN(CC2(O)CCCN(C(=O)c3cc(C(C)(C)C)[nH]n3)CC2)CC1. The molecule has 29 heavy (non-hydrogen) atoms. The molecule has 3 heterocycles. The van der Waals surface area contributed by atoms with Crippen molar-refractivity contribution in [2.24, 2.45) is 0 Å². The van der Waals surface area contributed by atoms with Crippen LogP contribution in [0.3, 0.4) is 0 Å². The van der Waals surface area contributed by atoms with Crippen LogP contribution in [0, 0.1) is 0 Å². The third-order valence-electron chi connectivity index (χ3n) is 6.14. The van der Waals surface area contributed by atoms with Crippen molar-refractivity contribution in [1.82, 2.24) is 24.9 Å². The average Bonchev–Trinajstić information content (AvgIpc) is 3.07. The summed E-state index contributed by atoms with van der Waals surface area (Å²) >= 11 is 0. The molecule has 2 aliphatic heterocycles. The summed E-state index contributed by atoms with van der Waals surface area (Å²) in [6, 6.07) is 1.84. The molecule has 8 heteroatoms. The first kappa shape index (κ1) is 21.8. The van der Waals surface area contributed by atoms with Gasteiger partial charge in [-0.15, -0.1) is 0 Å². The zero-order chi connectivity index (χ0) is 21.2. The summed E-state index contributed by atoms with van der Waals surface area (Å²) in [5.74, 6) is 0.0380. The molecule has 1 aromatic heterocycles. The number of likely N-dealkylation sites (tertiary alicyclic amines) is 1. The Labute approximate surface area is 173 Å². The van der Waals surface area contributed by atoms with Crippen LogP contribution in [-0.2, 0) is 10.2 Å². The summed E-state index contributed by atoms with van der Waals surface area (Å²) in [6.45, 7) is 12.6. The molecule has 2 fully saturated rings. The Kier molecular flexibility index (Phi) is 6.33. The van der Waals surface area contributed by atoms with Crippen molar-refractivity contribution in [3.8, 4) is 0 Å². The van der Waals surface area contributed by atoms with E-state index in [0.29, 0.717) is 51.3 Å². The number of hydrogen-bond donors (Lipinski definition) is 2. The van der Waals surface area contributed by atoms with Gasteiger partial charge in [0, 0.05) is 63.8 Å². The Bertz CT molecular complexity index is 733. The van der Waals surface area contributed by atoms with Gasteiger partial charge in [-0.3, -0.25) is 19.6 Å². The Balaban J connectivity index is 1.56. The molecule has 2 N–H and O–H groups in total. The van der Waals surface area contributed by atoms with Crippen molar-refractivity contribution in [3.63, 3.8) is 0 Å². The van der Waals surface area contributed by atoms with Crippen LogP contribution in [0.4, 0.5) is 0 Å². The summed E-state index contributed by atoms with van der Waals surface area (Å²) in [5, 5.41) is 18.4. The molecule has 2 saturated heterocycles. The Hall–Kier alpha value is -1.93. The van der Waals surface area contributed by atoms with E-state index in [4.69, 9.17) is 0 Å². The molecule has 3 rings (SSSR count). The topological polar surface area (TPSA) is 92.8 Å². The van der Waals surface area contributed by atoms with E-state index < -0.39 is 5.60 Å². The number of H-pyrrole nitrogens is 1. The molecule has 8 nitrogen and oxygen atoms in total. The fourth-order valence-electron chi connectivity index (χ4n) is 4.15. The van der Waals surface area contributed by atoms with Crippen LogP contribution >= 0.6 is 0 Å². The van der Waals surface area contributed by atoms with Crippen molar-refractivity contribution in [1.29, 1.82) is 0 Å². The van der Waals surface area contributed by atoms with Crippen molar-refractivity contribution < 1.29 is 14.7 Å². The number of amides is 2. The van der Waals surface area contributed by atoms with E-state index in [0.717, 1.165) is 25.2 Å². The molecule has 2 amide bonds. The Morgan fingerprint density at radius 1 is 1.10 bits per heavy atom. The van der Waals surface area contributed by atoms with E-state index in [-0.39, 0.29) is 17.2 Å². The average molecular weight is 406 g/mol. The van der Waals surface area contributed by atoms with Gasteiger partial charge in [0.15, 0.2) is 0 Å². The number of aliphatic hydroxyl groups is 1. The van der Waals surface area contributed by atoms with Crippen LogP contribution in [0.1, 0.15) is 63.1 Å². The number of rotatable bonds is 3. The van der Waals surface area contributed by atoms with Gasteiger partial charge in [0.1, 0.15) is 5.69 Å². The first-order valence-electron chi connectivity index (χ1n) is 10.6. The summed E-state index contributed by atoms with van der Waals surface area (Å²) in [5.41, 5.74) is 0.504. The van der Waals surface area contributed by atoms with Gasteiger partial charge in [-0.25, -0.2) is 0 Å². The normalized spacial score (nSPS) is 24.4. The summed E-state index contributed by atoms with van der Waals surface area (Å²) in [6.07, 6.45) is 2.01. The van der Waals surface area contributed by atoms with Crippen LogP contribution in [0.25, 0.3) is 0 Å². The quantitative estimate of drug-likeness (QED) is 0.789. The van der Waals surface area contributed by atoms with Crippen LogP contribution in [0.15, 0.2) is 6.07 Å². The maximum absolute atomic E-state index is 12.9. The van der Waals surface area contributed by atoms with E-state index in [1.165, 1.54) is 0 Å². The number of hydrogen-bond acceptors (Lipinski definition) is 5. The highest BCUT2D eigenvalue weighted by Gasteiger charge is 2.35. The van der Waals surface area contributed by atoms with Gasteiger partial charge in [-0.05, 0) is 25.3 Å². The van der Waals surface area contributed by atoms with Crippen molar-refractivity contribution in [2.45, 2.75) is 58.0 Å². The number of carbonyl (C=O) groups excluding carboxylic acids is 2. The maximum atomic E-state index is 12.9. The molecule has 0 spiro atoms. The minimum absolute atomic E-state index is 0.0731. The third kappa shape index (κ3) is 5.36. The number of nitrogens with one attached hydrogen (secondary N) is 1. The predicted octanol–water partition coefficient (Wildman–Crippen LogP) is 1.23. The predicted molar refractivity (Wildman–Crippen MR) is 111 cm³/mol. The molecule has 0 radical (unpaired) electrons. The monoisotopic (exact) mass is 405 g/mol. The van der Waals surface area contributed by atoms with Gasteiger partial charge in [0.05, 0.1) is 5.60 Å². The van der Waals surface area contributed by atoms with Gasteiger partial charge >= 0.3 is 0 Å². The first-order valence-corrected chi connectivity index (χ1v) is 10.6. The second-order valence-electron chi connectivity index (χ2n) is 9.57. The van der Waals surface area contributed by atoms with Crippen molar-refractivity contribution >= 4 is 11.8 Å². The molecular formula is C21H35N5O3. The minimum Gasteiger partial charge on any atom is -0.388 e. The van der Waals surface area contributed by atoms with E-state index in [2.05, 4.69) is 35.9 Å². The van der Waals surface area contributed by atoms with Gasteiger partial charge in [0.2, 0.25) is 5.91 Å². The number of β-amino-alcohol motifs (C(OH)–C–C–N with tert-alkyl or cyclic N) is 1. The highest BCUT2D eigenvalue weighted by atomic mass is 16.3. The number of aromatic nitrogens is 2. The Morgan fingerprint density at radius 3 is 2.38 bits per heavy atom. The van der Waals surface area contributed by atoms with E-state index in [9.17, 15) is 14.7 Å². The number of piperazine rings is 1. The molecule has 0 saturated carbocycles. The van der Waals surface area contributed by atoms with Crippen LogP contribution in [0.5, 0.6) is 0 Å². The van der Waals surface area contributed by atoms with Crippen LogP contribution < -0.4 is 0 Å². The second kappa shape index (κ2) is 8.44. The lowest BCUT2D eigenvalue weighted by atomic mass is 9.92. The van der Waals surface area contributed by atoms with Gasteiger partial charge in [0.25, 0.3) is 5.91 Å². The van der Waals surface area contributed by atoms with Crippen LogP contribution in [0.2, 0.25) is 0 Å². The van der Waals surface area contributed by atoms with Gasteiger partial charge in [-0.2, -0.15) is 5.10 Å². The Morgan fingerprint density at radius 2 is 1.79 bits per heavy atom. The maximum Gasteiger partial charge on any atom is 0.274 e. The minimum atomic E-state index is -0.796. The fraction of sp³-hybridized carbons (Fsp3) is 0.762. The van der Waals surface area contributed by atoms with Crippen molar-refractivity contribution in [3.05, 3.63) is 17.5 Å². The fourth-order valence-corrected chi connectivity index (χ4v) is 4.15. The zero-order valence-corrected chi connectivity index (χ0v) is 18.2. The number of carbonyl (C=O) groups is 2. The molecule has 0 aliphatic carbocycles. The summed E-state index contributed by atoms with van der Waals surface area (Å²) in [4.78, 5) is 30.3. The molecule has 1 unspecified atom stereocenters. The highest BCUT2D eigenvalue weighted by Crippen LogP contribution is 2.26. The van der Waals surface area contributed by atoms with Gasteiger partial charge in [-0.1, -0.05) is 20.8 Å². The lowest BCUT2D eigenvalue weighted by molar-refractivity contribution is -0.131. The lowest BCUT2D eigenvalue weighted by Gasteiger charge is -2.39. The molecule has 1 atom stereocenters. The van der Waals surface area contributed by atoms with E-state index in [1.54, 1.807) is 6.92 Å². The zero-order valence-electron chi connectivity index (χ0n) is 18.2. The van der Waals surface area contributed by atoms with E-state index in [1.807, 2.05) is 15.9 Å². The molecule has 162 valence electrons. The first-order chi connectivity index (χ1) is 13.6. The second-order valence-corrected chi connectivity index (χ2v) is 9.57. The lowest BCUT2D eigenvalue weighted by Crippen LogP contribution is -2.53. The third-order valence-corrected chi connectivity index (χ3v) is 6.14. The largest absolute Gasteiger partial charge is 0.388 e. The summed E-state index contributed by atoms with van der Waals surface area (Å²) in [7, 11) is 0. The highest BCUT2D eigenvalue weighted by molar-refractivity contribution is 5.92. The molecule has 0 bridgehead atoms. The molecule has 1 aromatic rings. The van der Waals surface area contributed by atoms with Crippen LogP contribution in [-0.4, -0.2) is 93.2 Å². The smallest absolute Gasteiger partial charge is 0.274 e. The molecular weight excluding hydrogens is 370 g/mol. The van der Waals surface area contributed by atoms with Gasteiger partial charge < -0.3 is 14.9 Å². The van der Waals surface area contributed by atoms with Crippen molar-refractivity contribution in [2.75, 3.05) is 45.8 Å². The van der Waals surface area contributed by atoms with E-state index >= 15 is 0 Å². The molecule has 0 aromatic carbocycles. The molecule has 2 aliphatic rings. The summed E-state index contributed by atoms with van der Waals surface area (Å²) < 4.78 is 0. The number of nitrogens with zero attached hydrogens (tertiary/aromatic N) is 4.